The van der Waals surface area contributed by atoms with Crippen LogP contribution in [0.3, 0.4) is 0 Å². The number of esters is 1. The number of hydrogen-bond donors (Lipinski definition) is 0. The zero-order chi connectivity index (χ0) is 22.7. The molecular weight excluding hydrogens is 428 g/mol. The van der Waals surface area contributed by atoms with Gasteiger partial charge in [-0.1, -0.05) is 6.07 Å². The molecule has 0 amide bonds. The predicted molar refractivity (Wildman–Crippen MR) is 121 cm³/mol. The number of aryl methyl sites for hydroxylation is 2. The van der Waals surface area contributed by atoms with Crippen molar-refractivity contribution < 1.29 is 19.0 Å². The molecule has 0 aliphatic rings. The summed E-state index contributed by atoms with van der Waals surface area (Å²) in [5, 5.41) is 7.00. The van der Waals surface area contributed by atoms with Crippen molar-refractivity contribution in [2.45, 2.75) is 20.5 Å². The highest BCUT2D eigenvalue weighted by Gasteiger charge is 2.16. The second kappa shape index (κ2) is 9.19. The first kappa shape index (κ1) is 21.5. The Hall–Kier alpha value is -3.72. The topological polar surface area (TPSA) is 88.4 Å². The highest BCUT2D eigenvalue weighted by Crippen LogP contribution is 2.39. The van der Waals surface area contributed by atoms with Crippen LogP contribution in [0, 0.1) is 13.8 Å². The number of thiazole rings is 1. The number of rotatable bonds is 7. The molecule has 0 atom stereocenters. The number of aromatic nitrogens is 4. The number of carbonyl (C=O) groups excluding carboxylic acids is 1. The molecule has 0 aliphatic carbocycles. The first-order valence-electron chi connectivity index (χ1n) is 9.82. The van der Waals surface area contributed by atoms with E-state index in [0.29, 0.717) is 28.6 Å². The minimum absolute atomic E-state index is 0.0564. The summed E-state index contributed by atoms with van der Waals surface area (Å²) in [5.41, 5.74) is 3.70. The molecule has 32 heavy (non-hydrogen) atoms. The van der Waals surface area contributed by atoms with Crippen molar-refractivity contribution in [1.82, 2.24) is 19.7 Å². The van der Waals surface area contributed by atoms with Crippen LogP contribution >= 0.6 is 11.3 Å². The zero-order valence-corrected chi connectivity index (χ0v) is 19.0. The quantitative estimate of drug-likeness (QED) is 0.386. The van der Waals surface area contributed by atoms with Gasteiger partial charge in [-0.25, -0.2) is 19.4 Å². The number of nitrogens with zero attached hydrogens (tertiary/aromatic N) is 4. The lowest BCUT2D eigenvalue weighted by Gasteiger charge is -2.10. The van der Waals surface area contributed by atoms with Crippen molar-refractivity contribution >= 4 is 17.3 Å². The first-order chi connectivity index (χ1) is 15.5. The highest BCUT2D eigenvalue weighted by molar-refractivity contribution is 7.13. The molecule has 3 heterocycles. The minimum Gasteiger partial charge on any atom is -0.493 e. The van der Waals surface area contributed by atoms with Gasteiger partial charge in [-0.2, -0.15) is 5.10 Å². The van der Waals surface area contributed by atoms with Crippen molar-refractivity contribution in [3.05, 3.63) is 70.6 Å². The Labute approximate surface area is 189 Å². The van der Waals surface area contributed by atoms with E-state index in [1.807, 2.05) is 43.5 Å². The van der Waals surface area contributed by atoms with Gasteiger partial charge in [0.1, 0.15) is 11.6 Å². The second-order valence-corrected chi connectivity index (χ2v) is 7.86. The Kier molecular flexibility index (Phi) is 6.18. The monoisotopic (exact) mass is 450 g/mol. The standard InChI is InChI=1S/C23H22N4O4S/c1-14-10-15(2)27(26-14)20-9-8-16(11-24-20)23(28)31-12-17-13-32-22(25-17)18-6-5-7-19(29-3)21(18)30-4/h5-11,13H,12H2,1-4H3. The Morgan fingerprint density at radius 2 is 1.97 bits per heavy atom. The smallest absolute Gasteiger partial charge is 0.340 e. The second-order valence-electron chi connectivity index (χ2n) is 7.01. The van der Waals surface area contributed by atoms with Gasteiger partial charge in [0.05, 0.1) is 36.7 Å². The lowest BCUT2D eigenvalue weighted by Crippen LogP contribution is -2.08. The summed E-state index contributed by atoms with van der Waals surface area (Å²) >= 11 is 1.44. The van der Waals surface area contributed by atoms with Crippen molar-refractivity contribution in [2.24, 2.45) is 0 Å². The number of pyridine rings is 1. The Morgan fingerprint density at radius 3 is 2.62 bits per heavy atom. The molecule has 0 unspecified atom stereocenters. The number of ether oxygens (including phenoxy) is 3. The number of methoxy groups -OCH3 is 2. The summed E-state index contributed by atoms with van der Waals surface area (Å²) in [4.78, 5) is 21.4. The van der Waals surface area contributed by atoms with Gasteiger partial charge in [0, 0.05) is 17.3 Å². The molecule has 9 heteroatoms. The van der Waals surface area contributed by atoms with E-state index in [2.05, 4.69) is 15.1 Å². The van der Waals surface area contributed by atoms with E-state index in [9.17, 15) is 4.79 Å². The molecule has 3 aromatic heterocycles. The van der Waals surface area contributed by atoms with Crippen LogP contribution in [0.1, 0.15) is 27.4 Å². The molecule has 0 saturated heterocycles. The molecule has 4 rings (SSSR count). The van der Waals surface area contributed by atoms with Gasteiger partial charge in [-0.05, 0) is 44.2 Å². The van der Waals surface area contributed by atoms with Crippen LogP contribution < -0.4 is 9.47 Å². The molecule has 0 saturated carbocycles. The predicted octanol–water partition coefficient (Wildman–Crippen LogP) is 4.38. The van der Waals surface area contributed by atoms with Gasteiger partial charge in [0.15, 0.2) is 17.3 Å². The summed E-state index contributed by atoms with van der Waals surface area (Å²) in [7, 11) is 3.18. The fourth-order valence-corrected chi connectivity index (χ4v) is 4.09. The van der Waals surface area contributed by atoms with E-state index in [1.54, 1.807) is 31.0 Å². The fourth-order valence-electron chi connectivity index (χ4n) is 3.27. The maximum Gasteiger partial charge on any atom is 0.340 e. The number of carbonyl (C=O) groups is 1. The summed E-state index contributed by atoms with van der Waals surface area (Å²) in [6, 6.07) is 11.0. The zero-order valence-electron chi connectivity index (χ0n) is 18.2. The average Bonchev–Trinajstić information content (AvgIpc) is 3.42. The van der Waals surface area contributed by atoms with Crippen LogP contribution in [0.4, 0.5) is 0 Å². The largest absolute Gasteiger partial charge is 0.493 e. The van der Waals surface area contributed by atoms with Crippen LogP contribution in [0.2, 0.25) is 0 Å². The minimum atomic E-state index is -0.467. The summed E-state index contributed by atoms with van der Waals surface area (Å²) in [6.07, 6.45) is 1.49. The van der Waals surface area contributed by atoms with Gasteiger partial charge in [0.25, 0.3) is 0 Å². The van der Waals surface area contributed by atoms with Crippen LogP contribution in [-0.4, -0.2) is 39.9 Å². The molecule has 0 bridgehead atoms. The van der Waals surface area contributed by atoms with Crippen molar-refractivity contribution in [2.75, 3.05) is 14.2 Å². The van der Waals surface area contributed by atoms with E-state index in [4.69, 9.17) is 14.2 Å². The lowest BCUT2D eigenvalue weighted by molar-refractivity contribution is 0.0468. The molecule has 0 aliphatic heterocycles. The number of para-hydroxylation sites is 1. The summed E-state index contributed by atoms with van der Waals surface area (Å²) < 4.78 is 18.0. The van der Waals surface area contributed by atoms with E-state index in [0.717, 1.165) is 22.0 Å². The van der Waals surface area contributed by atoms with Gasteiger partial charge >= 0.3 is 5.97 Å². The van der Waals surface area contributed by atoms with Crippen LogP contribution in [0.15, 0.2) is 48.0 Å². The summed E-state index contributed by atoms with van der Waals surface area (Å²) in [5.74, 6) is 1.42. The van der Waals surface area contributed by atoms with E-state index in [-0.39, 0.29) is 6.61 Å². The van der Waals surface area contributed by atoms with Crippen molar-refractivity contribution in [3.63, 3.8) is 0 Å². The molecule has 1 aromatic carbocycles. The molecular formula is C23H22N4O4S. The maximum atomic E-state index is 12.5. The molecule has 0 radical (unpaired) electrons. The molecule has 164 valence electrons. The van der Waals surface area contributed by atoms with Gasteiger partial charge in [-0.3, -0.25) is 0 Å². The third-order valence-corrected chi connectivity index (χ3v) is 5.67. The Bertz CT molecular complexity index is 1250. The van der Waals surface area contributed by atoms with Gasteiger partial charge < -0.3 is 14.2 Å². The molecule has 0 fully saturated rings. The van der Waals surface area contributed by atoms with E-state index >= 15 is 0 Å². The van der Waals surface area contributed by atoms with Gasteiger partial charge in [0.2, 0.25) is 0 Å². The van der Waals surface area contributed by atoms with Crippen molar-refractivity contribution in [1.29, 1.82) is 0 Å². The molecule has 8 nitrogen and oxygen atoms in total. The van der Waals surface area contributed by atoms with E-state index in [1.165, 1.54) is 17.5 Å². The number of hydrogen-bond acceptors (Lipinski definition) is 8. The van der Waals surface area contributed by atoms with Crippen molar-refractivity contribution in [3.8, 4) is 27.9 Å². The van der Waals surface area contributed by atoms with Crippen LogP contribution in [0.25, 0.3) is 16.4 Å². The molecule has 0 N–H and O–H groups in total. The normalized spacial score (nSPS) is 10.8. The fraction of sp³-hybridized carbons (Fsp3) is 0.217. The van der Waals surface area contributed by atoms with Crippen LogP contribution in [-0.2, 0) is 11.3 Å². The third-order valence-electron chi connectivity index (χ3n) is 4.75. The first-order valence-corrected chi connectivity index (χ1v) is 10.7. The number of benzene rings is 1. The molecule has 0 spiro atoms. The lowest BCUT2D eigenvalue weighted by atomic mass is 10.2. The third kappa shape index (κ3) is 4.33. The summed E-state index contributed by atoms with van der Waals surface area (Å²) in [6.45, 7) is 3.93. The van der Waals surface area contributed by atoms with Crippen LogP contribution in [0.5, 0.6) is 11.5 Å². The molecule has 4 aromatic rings. The average molecular weight is 451 g/mol. The highest BCUT2D eigenvalue weighted by atomic mass is 32.1. The maximum absolute atomic E-state index is 12.5. The van der Waals surface area contributed by atoms with Gasteiger partial charge in [-0.15, -0.1) is 11.3 Å². The Balaban J connectivity index is 1.43. The SMILES string of the molecule is COc1cccc(-c2nc(COC(=O)c3ccc(-n4nc(C)cc4C)nc3)cs2)c1OC. The van der Waals surface area contributed by atoms with E-state index < -0.39 is 5.97 Å². The Morgan fingerprint density at radius 1 is 1.12 bits per heavy atom.